The van der Waals surface area contributed by atoms with Crippen LogP contribution in [-0.4, -0.2) is 25.7 Å². The van der Waals surface area contributed by atoms with Crippen LogP contribution in [0.15, 0.2) is 35.3 Å². The summed E-state index contributed by atoms with van der Waals surface area (Å²) in [7, 11) is 3.38. The average Bonchev–Trinajstić information content (AvgIpc) is 2.40. The van der Waals surface area contributed by atoms with Crippen molar-refractivity contribution < 1.29 is 9.47 Å². The van der Waals surface area contributed by atoms with Crippen LogP contribution in [0, 0.1) is 0 Å². The predicted molar refractivity (Wildman–Crippen MR) is 68.3 cm³/mol. The van der Waals surface area contributed by atoms with Crippen molar-refractivity contribution in [1.82, 2.24) is 0 Å². The van der Waals surface area contributed by atoms with Gasteiger partial charge in [-0.1, -0.05) is 30.3 Å². The van der Waals surface area contributed by atoms with Crippen LogP contribution >= 0.6 is 0 Å². The van der Waals surface area contributed by atoms with E-state index in [2.05, 4.69) is 19.1 Å². The Labute approximate surface area is 102 Å². The lowest BCUT2D eigenvalue weighted by molar-refractivity contribution is -0.226. The lowest BCUT2D eigenvalue weighted by Gasteiger charge is -2.39. The molecule has 1 aliphatic rings. The molecule has 0 spiro atoms. The summed E-state index contributed by atoms with van der Waals surface area (Å²) < 4.78 is 11.2. The summed E-state index contributed by atoms with van der Waals surface area (Å²) in [5.74, 6) is -0.624. The van der Waals surface area contributed by atoms with E-state index in [0.29, 0.717) is 0 Å². The molecule has 1 aliphatic heterocycles. The van der Waals surface area contributed by atoms with Gasteiger partial charge in [0.25, 0.3) is 0 Å². The van der Waals surface area contributed by atoms with E-state index in [1.807, 2.05) is 18.2 Å². The van der Waals surface area contributed by atoms with Crippen molar-refractivity contribution in [1.29, 1.82) is 0 Å². The molecule has 17 heavy (non-hydrogen) atoms. The Kier molecular flexibility index (Phi) is 3.60. The molecule has 3 nitrogen and oxygen atoms in total. The van der Waals surface area contributed by atoms with Crippen LogP contribution in [0.5, 0.6) is 0 Å². The molecular formula is C14H19NO2. The lowest BCUT2D eigenvalue weighted by Crippen LogP contribution is -2.42. The molecule has 0 fully saturated rings. The van der Waals surface area contributed by atoms with Crippen molar-refractivity contribution in [3.63, 3.8) is 0 Å². The first-order valence-electron chi connectivity index (χ1n) is 5.90. The largest absolute Gasteiger partial charge is 0.351 e. The lowest BCUT2D eigenvalue weighted by atomic mass is 9.90. The number of hydrogen-bond donors (Lipinski definition) is 0. The van der Waals surface area contributed by atoms with Crippen LogP contribution < -0.4 is 0 Å². The Morgan fingerprint density at radius 1 is 1.18 bits per heavy atom. The molecule has 0 saturated carbocycles. The fraction of sp³-hybridized carbons (Fsp3) is 0.500. The maximum absolute atomic E-state index is 5.61. The van der Waals surface area contributed by atoms with Gasteiger partial charge in [-0.15, -0.1) is 0 Å². The van der Waals surface area contributed by atoms with E-state index in [-0.39, 0.29) is 6.04 Å². The van der Waals surface area contributed by atoms with Gasteiger partial charge in [0.15, 0.2) is 5.79 Å². The van der Waals surface area contributed by atoms with Gasteiger partial charge in [0.2, 0.25) is 0 Å². The highest BCUT2D eigenvalue weighted by Gasteiger charge is 2.42. The van der Waals surface area contributed by atoms with Gasteiger partial charge in [-0.05, 0) is 18.9 Å². The highest BCUT2D eigenvalue weighted by Crippen LogP contribution is 2.40. The Morgan fingerprint density at radius 2 is 1.82 bits per heavy atom. The number of aliphatic imine (C=N–C) groups is 1. The monoisotopic (exact) mass is 233 g/mol. The molecule has 3 heteroatoms. The summed E-state index contributed by atoms with van der Waals surface area (Å²) in [6.45, 7) is 2.06. The summed E-state index contributed by atoms with van der Waals surface area (Å²) in [5.41, 5.74) is 2.29. The van der Waals surface area contributed by atoms with Crippen LogP contribution in [0.3, 0.4) is 0 Å². The molecule has 0 bridgehead atoms. The Hall–Kier alpha value is -1.19. The zero-order valence-corrected chi connectivity index (χ0v) is 10.6. The molecule has 1 unspecified atom stereocenters. The molecule has 1 atom stereocenters. The third kappa shape index (κ3) is 2.26. The molecule has 0 amide bonds. The zero-order chi connectivity index (χ0) is 12.3. The summed E-state index contributed by atoms with van der Waals surface area (Å²) >= 11 is 0. The van der Waals surface area contributed by atoms with Gasteiger partial charge >= 0.3 is 0 Å². The number of hydrogen-bond acceptors (Lipinski definition) is 3. The second kappa shape index (κ2) is 4.98. The third-order valence-electron chi connectivity index (χ3n) is 3.41. The second-order valence-electron chi connectivity index (χ2n) is 4.40. The van der Waals surface area contributed by atoms with Gasteiger partial charge in [0.05, 0.1) is 0 Å². The number of ether oxygens (including phenoxy) is 2. The summed E-state index contributed by atoms with van der Waals surface area (Å²) in [6, 6.07) is 10.1. The zero-order valence-electron chi connectivity index (χ0n) is 10.6. The minimum atomic E-state index is -0.624. The van der Waals surface area contributed by atoms with Gasteiger partial charge < -0.3 is 9.47 Å². The fourth-order valence-corrected chi connectivity index (χ4v) is 2.35. The van der Waals surface area contributed by atoms with Gasteiger partial charge in [-0.3, -0.25) is 4.99 Å². The van der Waals surface area contributed by atoms with E-state index in [1.54, 1.807) is 14.2 Å². The van der Waals surface area contributed by atoms with E-state index in [9.17, 15) is 0 Å². The highest BCUT2D eigenvalue weighted by atomic mass is 16.7. The molecule has 0 N–H and O–H groups in total. The SMILES string of the molecule is COC1(OC)CCC(C)=NC1c1ccccc1. The van der Waals surface area contributed by atoms with E-state index in [0.717, 1.165) is 24.1 Å². The van der Waals surface area contributed by atoms with Crippen molar-refractivity contribution in [2.24, 2.45) is 4.99 Å². The van der Waals surface area contributed by atoms with Crippen molar-refractivity contribution in [2.45, 2.75) is 31.6 Å². The van der Waals surface area contributed by atoms with E-state index in [4.69, 9.17) is 14.5 Å². The van der Waals surface area contributed by atoms with E-state index in [1.165, 1.54) is 0 Å². The Balaban J connectivity index is 2.42. The van der Waals surface area contributed by atoms with E-state index < -0.39 is 5.79 Å². The normalized spacial score (nSPS) is 23.2. The molecule has 1 aromatic rings. The molecule has 2 rings (SSSR count). The predicted octanol–water partition coefficient (Wildman–Crippen LogP) is 2.97. The average molecular weight is 233 g/mol. The maximum atomic E-state index is 5.61. The summed E-state index contributed by atoms with van der Waals surface area (Å²) in [5, 5.41) is 0. The Bertz CT molecular complexity index is 396. The van der Waals surface area contributed by atoms with Gasteiger partial charge in [0.1, 0.15) is 6.04 Å². The standard InChI is InChI=1S/C14H19NO2/c1-11-9-10-14(16-2,17-3)13(15-11)12-7-5-4-6-8-12/h4-8,13H,9-10H2,1-3H3. The first kappa shape index (κ1) is 12.3. The maximum Gasteiger partial charge on any atom is 0.194 e. The molecule has 1 heterocycles. The third-order valence-corrected chi connectivity index (χ3v) is 3.41. The summed E-state index contributed by atoms with van der Waals surface area (Å²) in [6.07, 6.45) is 1.76. The van der Waals surface area contributed by atoms with Crippen molar-refractivity contribution >= 4 is 5.71 Å². The number of rotatable bonds is 3. The van der Waals surface area contributed by atoms with Crippen molar-refractivity contribution in [3.05, 3.63) is 35.9 Å². The number of methoxy groups -OCH3 is 2. The molecule has 0 aromatic heterocycles. The van der Waals surface area contributed by atoms with Crippen LogP contribution in [-0.2, 0) is 9.47 Å². The summed E-state index contributed by atoms with van der Waals surface area (Å²) in [4.78, 5) is 4.71. The van der Waals surface area contributed by atoms with Gasteiger partial charge in [-0.25, -0.2) is 0 Å². The highest BCUT2D eigenvalue weighted by molar-refractivity contribution is 5.83. The minimum Gasteiger partial charge on any atom is -0.351 e. The van der Waals surface area contributed by atoms with Crippen LogP contribution in [0.4, 0.5) is 0 Å². The Morgan fingerprint density at radius 3 is 2.41 bits per heavy atom. The quantitative estimate of drug-likeness (QED) is 0.751. The molecule has 0 aliphatic carbocycles. The van der Waals surface area contributed by atoms with Gasteiger partial charge in [0, 0.05) is 26.4 Å². The topological polar surface area (TPSA) is 30.8 Å². The molecule has 92 valence electrons. The first-order chi connectivity index (χ1) is 8.22. The van der Waals surface area contributed by atoms with Crippen LogP contribution in [0.2, 0.25) is 0 Å². The van der Waals surface area contributed by atoms with E-state index >= 15 is 0 Å². The molecular weight excluding hydrogens is 214 g/mol. The second-order valence-corrected chi connectivity index (χ2v) is 4.40. The smallest absolute Gasteiger partial charge is 0.194 e. The minimum absolute atomic E-state index is 0.0764. The number of benzene rings is 1. The van der Waals surface area contributed by atoms with Gasteiger partial charge in [-0.2, -0.15) is 0 Å². The number of nitrogens with zero attached hydrogens (tertiary/aromatic N) is 1. The van der Waals surface area contributed by atoms with Crippen molar-refractivity contribution in [2.75, 3.05) is 14.2 Å². The fourth-order valence-electron chi connectivity index (χ4n) is 2.35. The van der Waals surface area contributed by atoms with Crippen LogP contribution in [0.1, 0.15) is 31.4 Å². The van der Waals surface area contributed by atoms with Crippen molar-refractivity contribution in [3.8, 4) is 0 Å². The molecule has 0 radical (unpaired) electrons. The first-order valence-corrected chi connectivity index (χ1v) is 5.90. The van der Waals surface area contributed by atoms with Crippen LogP contribution in [0.25, 0.3) is 0 Å². The molecule has 1 aromatic carbocycles. The molecule has 0 saturated heterocycles.